The molecule has 0 fully saturated rings. The van der Waals surface area contributed by atoms with Crippen molar-refractivity contribution in [2.75, 3.05) is 0 Å². The van der Waals surface area contributed by atoms with Crippen LogP contribution in [-0.4, -0.2) is 11.5 Å². The standard InChI is InChI=1S/C9H7BF4N.K/c11-8-1-2-9-7(5-8)3-4-15(9)6-10(12,13)14;/h1-5H,6H2;/q-1;+1. The Labute approximate surface area is 132 Å². The van der Waals surface area contributed by atoms with Crippen LogP contribution in [0.15, 0.2) is 30.5 Å². The van der Waals surface area contributed by atoms with E-state index in [-0.39, 0.29) is 51.4 Å². The maximum Gasteiger partial charge on any atom is 1.00 e. The van der Waals surface area contributed by atoms with Crippen molar-refractivity contribution in [3.05, 3.63) is 36.3 Å². The fraction of sp³-hybridized carbons (Fsp3) is 0.111. The molecule has 16 heavy (non-hydrogen) atoms. The van der Waals surface area contributed by atoms with Crippen molar-refractivity contribution in [2.24, 2.45) is 0 Å². The molecule has 0 aliphatic carbocycles. The molecule has 0 aliphatic heterocycles. The number of hydrogen-bond donors (Lipinski definition) is 0. The first-order valence-electron chi connectivity index (χ1n) is 4.41. The Morgan fingerprint density at radius 3 is 2.44 bits per heavy atom. The van der Waals surface area contributed by atoms with Crippen LogP contribution in [0.25, 0.3) is 10.9 Å². The Kier molecular flexibility index (Phi) is 4.65. The second-order valence-corrected chi connectivity index (χ2v) is 3.38. The van der Waals surface area contributed by atoms with Crippen molar-refractivity contribution < 1.29 is 68.7 Å². The molecule has 0 saturated heterocycles. The topological polar surface area (TPSA) is 4.93 Å². The molecule has 2 aromatic rings. The van der Waals surface area contributed by atoms with Gasteiger partial charge in [0.25, 0.3) is 0 Å². The molecule has 0 radical (unpaired) electrons. The smallest absolute Gasteiger partial charge is 0.448 e. The minimum atomic E-state index is -4.88. The largest absolute Gasteiger partial charge is 1.00 e. The summed E-state index contributed by atoms with van der Waals surface area (Å²) in [6, 6.07) is 5.20. The maximum atomic E-state index is 12.8. The van der Waals surface area contributed by atoms with Gasteiger partial charge < -0.3 is 17.5 Å². The molecule has 2 rings (SSSR count). The summed E-state index contributed by atoms with van der Waals surface area (Å²) in [6.45, 7) is -4.88. The monoisotopic (exact) mass is 255 g/mol. The summed E-state index contributed by atoms with van der Waals surface area (Å²) < 4.78 is 50.4. The van der Waals surface area contributed by atoms with E-state index in [1.165, 1.54) is 24.4 Å². The zero-order chi connectivity index (χ0) is 11.1. The number of fused-ring (bicyclic) bond motifs is 1. The van der Waals surface area contributed by atoms with Crippen molar-refractivity contribution in [2.45, 2.75) is 6.44 Å². The van der Waals surface area contributed by atoms with E-state index in [0.717, 1.165) is 10.6 Å². The second kappa shape index (κ2) is 5.22. The van der Waals surface area contributed by atoms with Crippen molar-refractivity contribution in [3.63, 3.8) is 0 Å². The van der Waals surface area contributed by atoms with Crippen molar-refractivity contribution >= 4 is 17.9 Å². The number of halogens is 4. The van der Waals surface area contributed by atoms with Gasteiger partial charge in [0.05, 0.1) is 0 Å². The number of hydrogen-bond acceptors (Lipinski definition) is 0. The van der Waals surface area contributed by atoms with Gasteiger partial charge in [-0.3, -0.25) is 0 Å². The van der Waals surface area contributed by atoms with Gasteiger partial charge in [-0.15, -0.1) is 0 Å². The molecule has 0 unspecified atom stereocenters. The molecule has 0 aliphatic rings. The average molecular weight is 255 g/mol. The molecule has 1 aromatic heterocycles. The van der Waals surface area contributed by atoms with Gasteiger partial charge in [0, 0.05) is 17.1 Å². The molecule has 0 amide bonds. The minimum Gasteiger partial charge on any atom is -0.448 e. The van der Waals surface area contributed by atoms with Crippen molar-refractivity contribution in [3.8, 4) is 0 Å². The summed E-state index contributed by atoms with van der Waals surface area (Å²) >= 11 is 0. The molecule has 1 aromatic carbocycles. The zero-order valence-corrected chi connectivity index (χ0v) is 11.8. The third kappa shape index (κ3) is 3.33. The van der Waals surface area contributed by atoms with Crippen molar-refractivity contribution in [1.29, 1.82) is 0 Å². The van der Waals surface area contributed by atoms with E-state index in [9.17, 15) is 17.3 Å². The molecule has 0 atom stereocenters. The predicted molar refractivity (Wildman–Crippen MR) is 51.0 cm³/mol. The molecule has 0 saturated carbocycles. The number of aromatic nitrogens is 1. The average Bonchev–Trinajstić information content (AvgIpc) is 2.45. The first kappa shape index (κ1) is 14.2. The zero-order valence-electron chi connectivity index (χ0n) is 8.63. The number of benzene rings is 1. The van der Waals surface area contributed by atoms with Crippen LogP contribution in [0.2, 0.25) is 0 Å². The first-order valence-corrected chi connectivity index (χ1v) is 4.41. The van der Waals surface area contributed by atoms with Crippen LogP contribution in [0.4, 0.5) is 17.3 Å². The summed E-state index contributed by atoms with van der Waals surface area (Å²) in [4.78, 5) is 0. The summed E-state index contributed by atoms with van der Waals surface area (Å²) in [5.41, 5.74) is 0.399. The van der Waals surface area contributed by atoms with E-state index in [0.29, 0.717) is 10.9 Å². The summed E-state index contributed by atoms with van der Waals surface area (Å²) in [6.07, 6.45) is 0.328. The molecular formula is C9H7BF4KN. The van der Waals surface area contributed by atoms with E-state index >= 15 is 0 Å². The number of nitrogens with zero attached hydrogens (tertiary/aromatic N) is 1. The Morgan fingerprint density at radius 2 is 1.81 bits per heavy atom. The van der Waals surface area contributed by atoms with Crippen LogP contribution in [0.5, 0.6) is 0 Å². The SMILES string of the molecule is Fc1ccc2c(ccn2C[B-](F)(F)F)c1.[K+]. The van der Waals surface area contributed by atoms with Gasteiger partial charge in [0.2, 0.25) is 0 Å². The van der Waals surface area contributed by atoms with Crippen LogP contribution in [0, 0.1) is 5.82 Å². The summed E-state index contributed by atoms with van der Waals surface area (Å²) in [5, 5.41) is 0.482. The van der Waals surface area contributed by atoms with Gasteiger partial charge in [0.1, 0.15) is 5.82 Å². The van der Waals surface area contributed by atoms with E-state index in [4.69, 9.17) is 0 Å². The van der Waals surface area contributed by atoms with E-state index in [1.54, 1.807) is 0 Å². The maximum absolute atomic E-state index is 12.8. The van der Waals surface area contributed by atoms with Gasteiger partial charge >= 0.3 is 58.4 Å². The minimum absolute atomic E-state index is 0. The van der Waals surface area contributed by atoms with Gasteiger partial charge in [-0.2, -0.15) is 0 Å². The normalized spacial score (nSPS) is 11.5. The van der Waals surface area contributed by atoms with Gasteiger partial charge in [0.15, 0.2) is 0 Å². The first-order chi connectivity index (χ1) is 6.96. The molecule has 0 N–H and O–H groups in total. The van der Waals surface area contributed by atoms with Gasteiger partial charge in [-0.05, 0) is 30.7 Å². The summed E-state index contributed by atoms with van der Waals surface area (Å²) in [5.74, 6) is -0.447. The Hall–Kier alpha value is 0.181. The Balaban J connectivity index is 0.00000128. The second-order valence-electron chi connectivity index (χ2n) is 3.38. The van der Waals surface area contributed by atoms with Crippen LogP contribution in [-0.2, 0) is 6.44 Å². The molecular weight excluding hydrogens is 248 g/mol. The fourth-order valence-corrected chi connectivity index (χ4v) is 1.55. The van der Waals surface area contributed by atoms with E-state index in [2.05, 4.69) is 0 Å². The molecule has 7 heteroatoms. The predicted octanol–water partition coefficient (Wildman–Crippen LogP) is 0.171. The molecule has 0 spiro atoms. The van der Waals surface area contributed by atoms with E-state index < -0.39 is 19.2 Å². The van der Waals surface area contributed by atoms with Gasteiger partial charge in [-0.1, -0.05) is 0 Å². The third-order valence-electron chi connectivity index (χ3n) is 2.14. The third-order valence-corrected chi connectivity index (χ3v) is 2.14. The fourth-order valence-electron chi connectivity index (χ4n) is 1.55. The number of rotatable bonds is 2. The van der Waals surface area contributed by atoms with E-state index in [1.807, 2.05) is 0 Å². The quantitative estimate of drug-likeness (QED) is 0.532. The van der Waals surface area contributed by atoms with Crippen LogP contribution in [0.1, 0.15) is 0 Å². The molecule has 1 nitrogen and oxygen atoms in total. The van der Waals surface area contributed by atoms with Crippen LogP contribution < -0.4 is 51.4 Å². The molecule has 0 bridgehead atoms. The van der Waals surface area contributed by atoms with Crippen LogP contribution >= 0.6 is 0 Å². The van der Waals surface area contributed by atoms with Crippen molar-refractivity contribution in [1.82, 2.24) is 4.57 Å². The van der Waals surface area contributed by atoms with Gasteiger partial charge in [-0.25, -0.2) is 4.39 Å². The Morgan fingerprint density at radius 1 is 1.12 bits per heavy atom. The molecule has 80 valence electrons. The Bertz CT molecular complexity index is 494. The van der Waals surface area contributed by atoms with Crippen LogP contribution in [0.3, 0.4) is 0 Å². The summed E-state index contributed by atoms with van der Waals surface area (Å²) in [7, 11) is 0. The molecule has 1 heterocycles.